The number of anilines is 2. The average Bonchev–Trinajstić information content (AvgIpc) is 3.02. The highest BCUT2D eigenvalue weighted by Gasteiger charge is 2.39. The molecule has 5 heterocycles. The molecule has 1 fully saturated rings. The molecule has 2 aromatic heterocycles. The predicted molar refractivity (Wildman–Crippen MR) is 135 cm³/mol. The van der Waals surface area contributed by atoms with Gasteiger partial charge in [0.05, 0.1) is 11.9 Å². The van der Waals surface area contributed by atoms with Crippen molar-refractivity contribution in [2.24, 2.45) is 4.99 Å². The van der Waals surface area contributed by atoms with Gasteiger partial charge in [-0.05, 0) is 30.5 Å². The van der Waals surface area contributed by atoms with Crippen LogP contribution in [-0.4, -0.2) is 57.2 Å². The lowest BCUT2D eigenvalue weighted by Gasteiger charge is -2.34. The molecule has 1 atom stereocenters. The van der Waals surface area contributed by atoms with E-state index in [-0.39, 0.29) is 12.1 Å². The Morgan fingerprint density at radius 3 is 2.86 bits per heavy atom. The number of fused-ring (bicyclic) bond motifs is 4. The summed E-state index contributed by atoms with van der Waals surface area (Å²) in [4.78, 5) is 30.3. The summed E-state index contributed by atoms with van der Waals surface area (Å²) >= 11 is 0. The molecule has 4 aliphatic rings. The van der Waals surface area contributed by atoms with Crippen molar-refractivity contribution in [3.05, 3.63) is 53.6 Å². The molecule has 3 aliphatic heterocycles. The Labute approximate surface area is 205 Å². The molecule has 0 saturated heterocycles. The second-order valence-corrected chi connectivity index (χ2v) is 9.69. The molecule has 0 radical (unpaired) electrons. The molecule has 1 aliphatic carbocycles. The van der Waals surface area contributed by atoms with Gasteiger partial charge in [-0.3, -0.25) is 9.78 Å². The van der Waals surface area contributed by atoms with Gasteiger partial charge in [-0.2, -0.15) is 0 Å². The van der Waals surface area contributed by atoms with Crippen molar-refractivity contribution in [1.29, 1.82) is 0 Å². The van der Waals surface area contributed by atoms with E-state index < -0.39 is 6.61 Å². The standard InChI is InChI=1S/C26H31N7O2/c34-16-24(35)32-12-10-21-17(15-32)7-8-23(29-21)30-26-28-13-20-19-9-11-27-14-22(19)33(25(20)31-26)18-5-3-1-2-4-6-18/h7-9,11,13-14,18,25,34H,1-6,10,12,15-16H2,(H2,28,29,30,31). The molecule has 182 valence electrons. The molecule has 6 rings (SSSR count). The highest BCUT2D eigenvalue weighted by atomic mass is 16.3. The van der Waals surface area contributed by atoms with E-state index >= 15 is 0 Å². The van der Waals surface area contributed by atoms with Gasteiger partial charge in [0.1, 0.15) is 12.4 Å². The Morgan fingerprint density at radius 2 is 2.03 bits per heavy atom. The number of nitrogens with zero attached hydrogens (tertiary/aromatic N) is 5. The third-order valence-corrected chi connectivity index (χ3v) is 7.55. The molecular weight excluding hydrogens is 442 g/mol. The molecule has 0 spiro atoms. The van der Waals surface area contributed by atoms with Gasteiger partial charge < -0.3 is 25.5 Å². The lowest BCUT2D eigenvalue weighted by atomic mass is 10.1. The minimum absolute atomic E-state index is 0.0725. The van der Waals surface area contributed by atoms with Crippen molar-refractivity contribution in [1.82, 2.24) is 20.2 Å². The Morgan fingerprint density at radius 1 is 1.17 bits per heavy atom. The second kappa shape index (κ2) is 9.30. The minimum atomic E-state index is -0.456. The summed E-state index contributed by atoms with van der Waals surface area (Å²) in [5.41, 5.74) is 5.56. The quantitative estimate of drug-likeness (QED) is 0.589. The number of hydrogen-bond acceptors (Lipinski definition) is 8. The maximum Gasteiger partial charge on any atom is 0.248 e. The van der Waals surface area contributed by atoms with Crippen molar-refractivity contribution in [2.45, 2.75) is 63.7 Å². The number of guanidine groups is 1. The van der Waals surface area contributed by atoms with Crippen molar-refractivity contribution in [2.75, 3.05) is 23.4 Å². The largest absolute Gasteiger partial charge is 0.387 e. The topological polar surface area (TPSA) is 106 Å². The van der Waals surface area contributed by atoms with E-state index in [0.29, 0.717) is 31.5 Å². The Hall–Kier alpha value is -3.46. The summed E-state index contributed by atoms with van der Waals surface area (Å²) in [6, 6.07) is 6.48. The van der Waals surface area contributed by atoms with Gasteiger partial charge in [0, 0.05) is 54.8 Å². The van der Waals surface area contributed by atoms with Crippen molar-refractivity contribution in [3.8, 4) is 0 Å². The molecular formula is C26H31N7O2. The molecule has 0 bridgehead atoms. The third-order valence-electron chi connectivity index (χ3n) is 7.55. The Kier molecular flexibility index (Phi) is 5.85. The number of pyridine rings is 2. The van der Waals surface area contributed by atoms with Crippen LogP contribution in [0.1, 0.15) is 55.3 Å². The van der Waals surface area contributed by atoms with Gasteiger partial charge in [0.15, 0.2) is 6.17 Å². The first-order valence-corrected chi connectivity index (χ1v) is 12.6. The Balaban J connectivity index is 1.24. The van der Waals surface area contributed by atoms with Gasteiger partial charge in [0.25, 0.3) is 0 Å². The highest BCUT2D eigenvalue weighted by molar-refractivity contribution is 6.00. The number of hydrogen-bond donors (Lipinski definition) is 3. The van der Waals surface area contributed by atoms with Crippen molar-refractivity contribution >= 4 is 28.9 Å². The molecule has 1 amide bonds. The molecule has 1 unspecified atom stereocenters. The highest BCUT2D eigenvalue weighted by Crippen LogP contribution is 2.44. The fraction of sp³-hybridized carbons (Fsp3) is 0.462. The normalized spacial score (nSPS) is 21.7. The van der Waals surface area contributed by atoms with Crippen LogP contribution < -0.4 is 15.5 Å². The number of nitrogens with one attached hydrogen (secondary N) is 2. The number of rotatable bonds is 3. The van der Waals surface area contributed by atoms with Crippen LogP contribution in [0.25, 0.3) is 5.57 Å². The van der Waals surface area contributed by atoms with E-state index in [1.54, 1.807) is 4.90 Å². The molecule has 9 nitrogen and oxygen atoms in total. The first-order chi connectivity index (χ1) is 17.2. The first kappa shape index (κ1) is 22.0. The Bertz CT molecular complexity index is 1190. The number of carbonyl (C=O) groups excluding carboxylic acids is 1. The molecule has 35 heavy (non-hydrogen) atoms. The van der Waals surface area contributed by atoms with Crippen molar-refractivity contribution < 1.29 is 9.90 Å². The van der Waals surface area contributed by atoms with E-state index in [2.05, 4.69) is 32.8 Å². The number of aliphatic hydroxyl groups is 1. The van der Waals surface area contributed by atoms with Crippen LogP contribution in [0.3, 0.4) is 0 Å². The molecule has 0 aromatic carbocycles. The van der Waals surface area contributed by atoms with E-state index in [0.717, 1.165) is 17.1 Å². The maximum atomic E-state index is 11.8. The fourth-order valence-corrected chi connectivity index (χ4v) is 5.77. The number of aromatic nitrogens is 2. The van der Waals surface area contributed by atoms with Crippen molar-refractivity contribution in [3.63, 3.8) is 0 Å². The van der Waals surface area contributed by atoms with Crippen LogP contribution in [0.15, 0.2) is 41.8 Å². The van der Waals surface area contributed by atoms with Crippen LogP contribution in [-0.2, 0) is 17.8 Å². The summed E-state index contributed by atoms with van der Waals surface area (Å²) in [7, 11) is 0. The zero-order valence-electron chi connectivity index (χ0n) is 19.8. The summed E-state index contributed by atoms with van der Waals surface area (Å²) < 4.78 is 0. The van der Waals surface area contributed by atoms with Crippen LogP contribution in [0, 0.1) is 0 Å². The number of amides is 1. The van der Waals surface area contributed by atoms with Gasteiger partial charge in [-0.25, -0.2) is 9.98 Å². The molecule has 9 heteroatoms. The SMILES string of the molecule is O=C(CO)N1CCc2nc(NC3=NC4C(=CN3)c3ccncc3N4C3CCCCCC3)ccc2C1. The zero-order chi connectivity index (χ0) is 23.8. The second-order valence-electron chi connectivity index (χ2n) is 9.69. The monoisotopic (exact) mass is 473 g/mol. The minimum Gasteiger partial charge on any atom is -0.387 e. The van der Waals surface area contributed by atoms with Gasteiger partial charge >= 0.3 is 0 Å². The molecule has 1 saturated carbocycles. The number of carbonyl (C=O) groups is 1. The molecule has 2 aromatic rings. The fourth-order valence-electron chi connectivity index (χ4n) is 5.77. The summed E-state index contributed by atoms with van der Waals surface area (Å²) in [6.45, 7) is 0.596. The first-order valence-electron chi connectivity index (χ1n) is 12.6. The summed E-state index contributed by atoms with van der Waals surface area (Å²) in [5, 5.41) is 15.9. The number of aliphatic imine (C=N–C) groups is 1. The average molecular weight is 474 g/mol. The van der Waals surface area contributed by atoms with E-state index in [1.807, 2.05) is 24.5 Å². The van der Waals surface area contributed by atoms with Crippen LogP contribution in [0.2, 0.25) is 0 Å². The third kappa shape index (κ3) is 4.14. The van der Waals surface area contributed by atoms with E-state index in [9.17, 15) is 4.79 Å². The predicted octanol–water partition coefficient (Wildman–Crippen LogP) is 2.63. The lowest BCUT2D eigenvalue weighted by molar-refractivity contribution is -0.135. The van der Waals surface area contributed by atoms with Crippen LogP contribution >= 0.6 is 0 Å². The van der Waals surface area contributed by atoms with E-state index in [1.165, 1.54) is 55.3 Å². The lowest BCUT2D eigenvalue weighted by Crippen LogP contribution is -2.44. The van der Waals surface area contributed by atoms with E-state index in [4.69, 9.17) is 15.1 Å². The smallest absolute Gasteiger partial charge is 0.248 e. The van der Waals surface area contributed by atoms with Gasteiger partial charge in [0.2, 0.25) is 11.9 Å². The zero-order valence-corrected chi connectivity index (χ0v) is 19.8. The molecule has 3 N–H and O–H groups in total. The maximum absolute atomic E-state index is 11.8. The summed E-state index contributed by atoms with van der Waals surface area (Å²) in [5.74, 6) is 1.16. The summed E-state index contributed by atoms with van der Waals surface area (Å²) in [6.07, 6.45) is 14.0. The van der Waals surface area contributed by atoms with Gasteiger partial charge in [-0.15, -0.1) is 0 Å². The van der Waals surface area contributed by atoms with Crippen LogP contribution in [0.5, 0.6) is 0 Å². The van der Waals surface area contributed by atoms with Gasteiger partial charge in [-0.1, -0.05) is 31.7 Å². The van der Waals surface area contributed by atoms with Crippen LogP contribution in [0.4, 0.5) is 11.5 Å². The number of aliphatic hydroxyl groups excluding tert-OH is 1.